The van der Waals surface area contributed by atoms with E-state index in [-0.39, 0.29) is 12.0 Å². The standard InChI is InChI=1S/C19H19NO5/c1-22-14-4-5-15-13(12-25-17(15)10-14)9-19(21)20-6-8-24-18(11-20)16-3-2-7-23-16/h2-5,7,10,12,18H,6,8-9,11H2,1H3/t18-/m0/s1. The van der Waals surface area contributed by atoms with Gasteiger partial charge in [-0.25, -0.2) is 0 Å². The molecule has 4 rings (SSSR count). The third-order valence-electron chi connectivity index (χ3n) is 4.48. The van der Waals surface area contributed by atoms with Gasteiger partial charge in [0.15, 0.2) is 0 Å². The van der Waals surface area contributed by atoms with Gasteiger partial charge in [0, 0.05) is 23.6 Å². The molecule has 1 aliphatic rings. The minimum absolute atomic E-state index is 0.0541. The Morgan fingerprint density at radius 2 is 2.24 bits per heavy atom. The SMILES string of the molecule is COc1ccc2c(CC(=O)N3CCO[C@H](c4ccco4)C3)coc2c1. The van der Waals surface area contributed by atoms with Crippen molar-refractivity contribution in [3.8, 4) is 5.75 Å². The molecule has 1 amide bonds. The number of hydrogen-bond donors (Lipinski definition) is 0. The lowest BCUT2D eigenvalue weighted by atomic mass is 10.1. The summed E-state index contributed by atoms with van der Waals surface area (Å²) in [6, 6.07) is 9.31. The fourth-order valence-electron chi connectivity index (χ4n) is 3.12. The van der Waals surface area contributed by atoms with Crippen LogP contribution in [0.2, 0.25) is 0 Å². The van der Waals surface area contributed by atoms with Crippen molar-refractivity contribution in [2.75, 3.05) is 26.8 Å². The highest BCUT2D eigenvalue weighted by Crippen LogP contribution is 2.27. The van der Waals surface area contributed by atoms with E-state index in [1.165, 1.54) is 0 Å². The van der Waals surface area contributed by atoms with Crippen LogP contribution in [0.1, 0.15) is 17.4 Å². The van der Waals surface area contributed by atoms with E-state index in [1.807, 2.05) is 35.2 Å². The molecule has 6 heteroatoms. The zero-order valence-electron chi connectivity index (χ0n) is 13.9. The van der Waals surface area contributed by atoms with Gasteiger partial charge in [-0.3, -0.25) is 4.79 Å². The van der Waals surface area contributed by atoms with Gasteiger partial charge in [0.25, 0.3) is 0 Å². The van der Waals surface area contributed by atoms with Gasteiger partial charge in [0.2, 0.25) is 5.91 Å². The van der Waals surface area contributed by atoms with E-state index >= 15 is 0 Å². The first-order valence-electron chi connectivity index (χ1n) is 8.21. The van der Waals surface area contributed by atoms with Crippen LogP contribution in [-0.4, -0.2) is 37.6 Å². The monoisotopic (exact) mass is 341 g/mol. The zero-order valence-corrected chi connectivity index (χ0v) is 13.9. The van der Waals surface area contributed by atoms with Gasteiger partial charge in [0.1, 0.15) is 23.2 Å². The average Bonchev–Trinajstić information content (AvgIpc) is 3.32. The largest absolute Gasteiger partial charge is 0.497 e. The highest BCUT2D eigenvalue weighted by Gasteiger charge is 2.27. The fraction of sp³-hybridized carbons (Fsp3) is 0.316. The maximum Gasteiger partial charge on any atom is 0.227 e. The van der Waals surface area contributed by atoms with Crippen molar-refractivity contribution in [3.63, 3.8) is 0 Å². The van der Waals surface area contributed by atoms with Crippen molar-refractivity contribution in [2.45, 2.75) is 12.5 Å². The Balaban J connectivity index is 1.48. The highest BCUT2D eigenvalue weighted by molar-refractivity contribution is 5.88. The first-order chi connectivity index (χ1) is 12.2. The lowest BCUT2D eigenvalue weighted by Gasteiger charge is -2.32. The summed E-state index contributed by atoms with van der Waals surface area (Å²) in [4.78, 5) is 14.5. The molecule has 0 aliphatic carbocycles. The fourth-order valence-corrected chi connectivity index (χ4v) is 3.12. The molecule has 0 saturated carbocycles. The number of hydrogen-bond acceptors (Lipinski definition) is 5. The molecule has 0 spiro atoms. The molecule has 25 heavy (non-hydrogen) atoms. The van der Waals surface area contributed by atoms with Crippen LogP contribution in [0, 0.1) is 0 Å². The summed E-state index contributed by atoms with van der Waals surface area (Å²) in [7, 11) is 1.61. The number of benzene rings is 1. The van der Waals surface area contributed by atoms with Gasteiger partial charge >= 0.3 is 0 Å². The number of carbonyl (C=O) groups is 1. The molecule has 1 atom stereocenters. The van der Waals surface area contributed by atoms with Crippen molar-refractivity contribution in [1.82, 2.24) is 4.90 Å². The Morgan fingerprint density at radius 1 is 1.32 bits per heavy atom. The average molecular weight is 341 g/mol. The van der Waals surface area contributed by atoms with E-state index in [0.29, 0.717) is 26.1 Å². The molecule has 130 valence electrons. The molecule has 0 unspecified atom stereocenters. The highest BCUT2D eigenvalue weighted by atomic mass is 16.5. The van der Waals surface area contributed by atoms with Crippen molar-refractivity contribution in [1.29, 1.82) is 0 Å². The van der Waals surface area contributed by atoms with Crippen LogP contribution in [0.5, 0.6) is 5.75 Å². The predicted octanol–water partition coefficient (Wildman–Crippen LogP) is 3.18. The molecule has 3 aromatic rings. The van der Waals surface area contributed by atoms with Gasteiger partial charge in [-0.2, -0.15) is 0 Å². The Morgan fingerprint density at radius 3 is 3.04 bits per heavy atom. The third kappa shape index (κ3) is 3.13. The van der Waals surface area contributed by atoms with Gasteiger partial charge in [0.05, 0.1) is 39.2 Å². The lowest BCUT2D eigenvalue weighted by Crippen LogP contribution is -2.42. The van der Waals surface area contributed by atoms with Gasteiger partial charge in [-0.05, 0) is 24.3 Å². The number of nitrogens with zero attached hydrogens (tertiary/aromatic N) is 1. The Labute approximate surface area is 144 Å². The second-order valence-corrected chi connectivity index (χ2v) is 6.01. The molecular formula is C19H19NO5. The zero-order chi connectivity index (χ0) is 17.2. The normalized spacial score (nSPS) is 17.8. The summed E-state index contributed by atoms with van der Waals surface area (Å²) in [5.41, 5.74) is 1.60. The summed E-state index contributed by atoms with van der Waals surface area (Å²) in [5.74, 6) is 1.53. The number of fused-ring (bicyclic) bond motifs is 1. The molecular weight excluding hydrogens is 322 g/mol. The molecule has 1 aliphatic heterocycles. The summed E-state index contributed by atoms with van der Waals surface area (Å²) in [6.07, 6.45) is 3.35. The topological polar surface area (TPSA) is 65.0 Å². The van der Waals surface area contributed by atoms with E-state index in [1.54, 1.807) is 19.6 Å². The van der Waals surface area contributed by atoms with Crippen LogP contribution in [0.3, 0.4) is 0 Å². The number of furan rings is 2. The number of carbonyl (C=O) groups excluding carboxylic acids is 1. The maximum absolute atomic E-state index is 12.7. The van der Waals surface area contributed by atoms with Crippen molar-refractivity contribution in [3.05, 3.63) is 54.2 Å². The molecule has 3 heterocycles. The van der Waals surface area contributed by atoms with Crippen LogP contribution in [0.25, 0.3) is 11.0 Å². The Bertz CT molecular complexity index is 867. The number of methoxy groups -OCH3 is 1. The number of amides is 1. The molecule has 2 aromatic heterocycles. The van der Waals surface area contributed by atoms with Gasteiger partial charge < -0.3 is 23.2 Å². The van der Waals surface area contributed by atoms with Gasteiger partial charge in [-0.1, -0.05) is 0 Å². The summed E-state index contributed by atoms with van der Waals surface area (Å²) in [5, 5.41) is 0.935. The lowest BCUT2D eigenvalue weighted by molar-refractivity contribution is -0.138. The summed E-state index contributed by atoms with van der Waals surface area (Å²) in [6.45, 7) is 1.58. The van der Waals surface area contributed by atoms with Crippen molar-refractivity contribution < 1.29 is 23.1 Å². The van der Waals surface area contributed by atoms with E-state index in [0.717, 1.165) is 28.0 Å². The smallest absolute Gasteiger partial charge is 0.227 e. The Hall–Kier alpha value is -2.73. The van der Waals surface area contributed by atoms with Crippen LogP contribution < -0.4 is 4.74 Å². The minimum Gasteiger partial charge on any atom is -0.497 e. The summed E-state index contributed by atoms with van der Waals surface area (Å²) < 4.78 is 21.9. The number of ether oxygens (including phenoxy) is 2. The van der Waals surface area contributed by atoms with E-state index in [9.17, 15) is 4.79 Å². The molecule has 1 aromatic carbocycles. The molecule has 0 N–H and O–H groups in total. The first-order valence-corrected chi connectivity index (χ1v) is 8.21. The molecule has 1 saturated heterocycles. The van der Waals surface area contributed by atoms with E-state index in [2.05, 4.69) is 0 Å². The van der Waals surface area contributed by atoms with Crippen LogP contribution in [0.15, 0.2) is 51.7 Å². The van der Waals surface area contributed by atoms with E-state index < -0.39 is 0 Å². The number of rotatable bonds is 4. The quantitative estimate of drug-likeness (QED) is 0.729. The second kappa shape index (κ2) is 6.64. The van der Waals surface area contributed by atoms with Crippen LogP contribution in [-0.2, 0) is 16.0 Å². The molecule has 1 fully saturated rings. The van der Waals surface area contributed by atoms with Crippen LogP contribution in [0.4, 0.5) is 0 Å². The maximum atomic E-state index is 12.7. The molecule has 0 bridgehead atoms. The number of morpholine rings is 1. The molecule has 6 nitrogen and oxygen atoms in total. The Kier molecular flexibility index (Phi) is 4.19. The minimum atomic E-state index is -0.210. The predicted molar refractivity (Wildman–Crippen MR) is 90.5 cm³/mol. The van der Waals surface area contributed by atoms with Crippen LogP contribution >= 0.6 is 0 Å². The molecule has 0 radical (unpaired) electrons. The first kappa shape index (κ1) is 15.8. The third-order valence-corrected chi connectivity index (χ3v) is 4.48. The second-order valence-electron chi connectivity index (χ2n) is 6.01. The van der Waals surface area contributed by atoms with Crippen molar-refractivity contribution >= 4 is 16.9 Å². The van der Waals surface area contributed by atoms with Gasteiger partial charge in [-0.15, -0.1) is 0 Å². The van der Waals surface area contributed by atoms with E-state index in [4.69, 9.17) is 18.3 Å². The van der Waals surface area contributed by atoms with Crippen molar-refractivity contribution in [2.24, 2.45) is 0 Å². The summed E-state index contributed by atoms with van der Waals surface area (Å²) >= 11 is 0.